The summed E-state index contributed by atoms with van der Waals surface area (Å²) in [5.41, 5.74) is 5.44. The van der Waals surface area contributed by atoms with Crippen molar-refractivity contribution in [3.63, 3.8) is 0 Å². The van der Waals surface area contributed by atoms with Crippen LogP contribution in [0.5, 0.6) is 5.75 Å². The summed E-state index contributed by atoms with van der Waals surface area (Å²) in [6.45, 7) is 4.11. The van der Waals surface area contributed by atoms with Crippen LogP contribution in [0.3, 0.4) is 0 Å². The van der Waals surface area contributed by atoms with Crippen molar-refractivity contribution in [3.05, 3.63) is 64.4 Å². The fourth-order valence-corrected chi connectivity index (χ4v) is 5.42. The molecule has 178 valence electrons. The van der Waals surface area contributed by atoms with Crippen LogP contribution in [0.1, 0.15) is 37.9 Å². The van der Waals surface area contributed by atoms with Gasteiger partial charge in [0.1, 0.15) is 22.7 Å². The lowest BCUT2D eigenvalue weighted by Crippen LogP contribution is -2.29. The number of nitrogens with one attached hydrogen (secondary N) is 2. The number of fused-ring (bicyclic) bond motifs is 2. The molecule has 1 unspecified atom stereocenters. The molecule has 2 N–H and O–H groups in total. The lowest BCUT2D eigenvalue weighted by atomic mass is 10.1. The molecule has 1 aliphatic rings. The first-order chi connectivity index (χ1) is 17.1. The van der Waals surface area contributed by atoms with Crippen LogP contribution in [0.25, 0.3) is 33.5 Å². The molecule has 1 saturated heterocycles. The predicted molar refractivity (Wildman–Crippen MR) is 141 cm³/mol. The third-order valence-electron chi connectivity index (χ3n) is 6.55. The summed E-state index contributed by atoms with van der Waals surface area (Å²) in [6, 6.07) is 13.9. The summed E-state index contributed by atoms with van der Waals surface area (Å²) in [6.07, 6.45) is 5.00. The minimum absolute atomic E-state index is 0.335. The second-order valence-corrected chi connectivity index (χ2v) is 9.64. The van der Waals surface area contributed by atoms with E-state index in [2.05, 4.69) is 43.3 Å². The molecule has 1 fully saturated rings. The zero-order valence-corrected chi connectivity index (χ0v) is 20.7. The topological polar surface area (TPSA) is 82.7 Å². The van der Waals surface area contributed by atoms with Crippen LogP contribution in [-0.4, -0.2) is 38.2 Å². The number of piperidine rings is 1. The Bertz CT molecular complexity index is 1500. The van der Waals surface area contributed by atoms with E-state index in [0.717, 1.165) is 40.7 Å². The second kappa shape index (κ2) is 9.06. The van der Waals surface area contributed by atoms with Crippen LogP contribution in [-0.2, 0) is 0 Å². The molecule has 9 heteroatoms. The van der Waals surface area contributed by atoms with E-state index in [-0.39, 0.29) is 6.10 Å². The van der Waals surface area contributed by atoms with E-state index in [1.54, 1.807) is 12.3 Å². The Hall–Kier alpha value is -3.29. The van der Waals surface area contributed by atoms with Gasteiger partial charge in [-0.25, -0.2) is 9.97 Å². The van der Waals surface area contributed by atoms with E-state index < -0.39 is 0 Å². The van der Waals surface area contributed by atoms with Gasteiger partial charge < -0.3 is 14.6 Å². The average molecular weight is 507 g/mol. The standard InChI is InChI=1S/C26H24Cl2N6O/c1-15(23-19(27)9-10-29-25(23)28)35-17-6-8-20-18(14-17)24(33-32-20)26-30-21-7-5-16(13-22(21)31-26)34-11-3-2-4-12-34/h5-10,13-15H,2-4,11-12H2,1H3,(H,30,31)(H,32,33). The molecule has 1 atom stereocenters. The number of imidazole rings is 1. The maximum absolute atomic E-state index is 6.34. The van der Waals surface area contributed by atoms with Crippen molar-refractivity contribution in [2.24, 2.45) is 0 Å². The number of pyridine rings is 1. The highest BCUT2D eigenvalue weighted by Gasteiger charge is 2.19. The largest absolute Gasteiger partial charge is 0.486 e. The lowest BCUT2D eigenvalue weighted by Gasteiger charge is -2.28. The summed E-state index contributed by atoms with van der Waals surface area (Å²) in [7, 11) is 0. The monoisotopic (exact) mass is 506 g/mol. The molecule has 0 aliphatic carbocycles. The first-order valence-corrected chi connectivity index (χ1v) is 12.5. The van der Waals surface area contributed by atoms with Crippen molar-refractivity contribution in [3.8, 4) is 17.3 Å². The highest BCUT2D eigenvalue weighted by atomic mass is 35.5. The molecule has 0 spiro atoms. The first kappa shape index (κ1) is 22.2. The molecule has 3 aromatic heterocycles. The Morgan fingerprint density at radius 1 is 1.00 bits per heavy atom. The van der Waals surface area contributed by atoms with E-state index in [1.807, 2.05) is 25.1 Å². The van der Waals surface area contributed by atoms with Gasteiger partial charge in [0.25, 0.3) is 0 Å². The molecular formula is C26H24Cl2N6O. The quantitative estimate of drug-likeness (QED) is 0.252. The van der Waals surface area contributed by atoms with Gasteiger partial charge in [-0.15, -0.1) is 0 Å². The molecule has 0 radical (unpaired) electrons. The number of anilines is 1. The smallest absolute Gasteiger partial charge is 0.159 e. The van der Waals surface area contributed by atoms with Crippen LogP contribution in [0, 0.1) is 0 Å². The van der Waals surface area contributed by atoms with Crippen molar-refractivity contribution < 1.29 is 4.74 Å². The molecule has 0 saturated carbocycles. The number of aromatic amines is 2. The molecule has 5 aromatic rings. The molecule has 0 bridgehead atoms. The van der Waals surface area contributed by atoms with Gasteiger partial charge in [0.2, 0.25) is 0 Å². The van der Waals surface area contributed by atoms with Gasteiger partial charge in [0, 0.05) is 35.9 Å². The van der Waals surface area contributed by atoms with Crippen molar-refractivity contribution in [2.75, 3.05) is 18.0 Å². The number of benzene rings is 2. The van der Waals surface area contributed by atoms with E-state index in [0.29, 0.717) is 27.3 Å². The third-order valence-corrected chi connectivity index (χ3v) is 7.18. The highest BCUT2D eigenvalue weighted by Crippen LogP contribution is 2.34. The van der Waals surface area contributed by atoms with E-state index in [9.17, 15) is 0 Å². The van der Waals surface area contributed by atoms with Crippen LogP contribution in [0.4, 0.5) is 5.69 Å². The zero-order valence-electron chi connectivity index (χ0n) is 19.2. The molecule has 1 aliphatic heterocycles. The molecule has 2 aromatic carbocycles. The van der Waals surface area contributed by atoms with Crippen LogP contribution in [0.2, 0.25) is 10.2 Å². The SMILES string of the molecule is CC(Oc1ccc2[nH]nc(-c3nc4ccc(N5CCCCC5)cc4[nH]3)c2c1)c1c(Cl)ccnc1Cl. The number of hydrogen-bond acceptors (Lipinski definition) is 5. The zero-order chi connectivity index (χ0) is 23.9. The highest BCUT2D eigenvalue weighted by molar-refractivity contribution is 6.35. The van der Waals surface area contributed by atoms with Gasteiger partial charge in [-0.3, -0.25) is 5.10 Å². The van der Waals surface area contributed by atoms with Crippen molar-refractivity contribution in [1.29, 1.82) is 0 Å². The number of rotatable bonds is 5. The first-order valence-electron chi connectivity index (χ1n) is 11.8. The molecule has 7 nitrogen and oxygen atoms in total. The number of nitrogens with zero attached hydrogens (tertiary/aromatic N) is 4. The maximum atomic E-state index is 6.34. The van der Waals surface area contributed by atoms with E-state index >= 15 is 0 Å². The van der Waals surface area contributed by atoms with Gasteiger partial charge >= 0.3 is 0 Å². The lowest BCUT2D eigenvalue weighted by molar-refractivity contribution is 0.227. The van der Waals surface area contributed by atoms with Crippen molar-refractivity contribution >= 4 is 50.8 Å². The van der Waals surface area contributed by atoms with Gasteiger partial charge in [-0.1, -0.05) is 23.2 Å². The van der Waals surface area contributed by atoms with Gasteiger partial charge in [0.05, 0.1) is 21.6 Å². The van der Waals surface area contributed by atoms with E-state index in [4.69, 9.17) is 32.9 Å². The number of halogens is 2. The normalized spacial score (nSPS) is 15.1. The third kappa shape index (κ3) is 4.19. The summed E-state index contributed by atoms with van der Waals surface area (Å²) in [5.74, 6) is 1.39. The maximum Gasteiger partial charge on any atom is 0.159 e. The molecule has 35 heavy (non-hydrogen) atoms. The molecule has 4 heterocycles. The fourth-order valence-electron chi connectivity index (χ4n) is 4.76. The minimum Gasteiger partial charge on any atom is -0.486 e. The Morgan fingerprint density at radius 2 is 1.86 bits per heavy atom. The molecular weight excluding hydrogens is 483 g/mol. The summed E-state index contributed by atoms with van der Waals surface area (Å²) >= 11 is 12.6. The average Bonchev–Trinajstić information content (AvgIpc) is 3.47. The van der Waals surface area contributed by atoms with Crippen LogP contribution < -0.4 is 9.64 Å². The fraction of sp³-hybridized carbons (Fsp3) is 0.269. The summed E-state index contributed by atoms with van der Waals surface area (Å²) < 4.78 is 6.19. The van der Waals surface area contributed by atoms with E-state index in [1.165, 1.54) is 24.9 Å². The van der Waals surface area contributed by atoms with Gasteiger partial charge in [-0.2, -0.15) is 5.10 Å². The number of hydrogen-bond donors (Lipinski definition) is 2. The predicted octanol–water partition coefficient (Wildman–Crippen LogP) is 6.94. The summed E-state index contributed by atoms with van der Waals surface area (Å²) in [4.78, 5) is 14.8. The Morgan fingerprint density at radius 3 is 2.69 bits per heavy atom. The summed E-state index contributed by atoms with van der Waals surface area (Å²) in [5, 5.41) is 9.41. The molecule has 6 rings (SSSR count). The number of ether oxygens (including phenoxy) is 1. The second-order valence-electron chi connectivity index (χ2n) is 8.87. The van der Waals surface area contributed by atoms with Gasteiger partial charge in [0.15, 0.2) is 5.82 Å². The van der Waals surface area contributed by atoms with Crippen molar-refractivity contribution in [1.82, 2.24) is 25.1 Å². The van der Waals surface area contributed by atoms with Crippen LogP contribution >= 0.6 is 23.2 Å². The molecule has 0 amide bonds. The Balaban J connectivity index is 1.32. The van der Waals surface area contributed by atoms with Gasteiger partial charge in [-0.05, 0) is 68.7 Å². The Kier molecular flexibility index (Phi) is 5.74. The Labute approximate surface area is 212 Å². The number of H-pyrrole nitrogens is 2. The number of aromatic nitrogens is 5. The van der Waals surface area contributed by atoms with Crippen LogP contribution in [0.15, 0.2) is 48.7 Å². The minimum atomic E-state index is -0.379. The van der Waals surface area contributed by atoms with Crippen molar-refractivity contribution in [2.45, 2.75) is 32.3 Å².